The number of aliphatic imine (C=N–C) groups is 3. The Labute approximate surface area is 208 Å². The average Bonchev–Trinajstić information content (AvgIpc) is 2.87. The lowest BCUT2D eigenvalue weighted by Crippen LogP contribution is -2.41. The number of hydrogen-bond donors (Lipinski definition) is 5. The van der Waals surface area contributed by atoms with Gasteiger partial charge in [-0.3, -0.25) is 20.1 Å². The van der Waals surface area contributed by atoms with Gasteiger partial charge in [0, 0.05) is 17.8 Å². The Balaban J connectivity index is 1.69. The van der Waals surface area contributed by atoms with Gasteiger partial charge < -0.3 is 26.2 Å². The predicted octanol–water partition coefficient (Wildman–Crippen LogP) is 1.91. The van der Waals surface area contributed by atoms with Crippen molar-refractivity contribution in [2.45, 2.75) is 6.54 Å². The number of carbonyl (C=O) groups excluding carboxylic acids is 1. The summed E-state index contributed by atoms with van der Waals surface area (Å²) in [5.41, 5.74) is 7.58. The standard InChI is InChI=1S/C24H28ClN7O3/c1-27-22(34)17-12-21(15-28-14-17)35-20-8-6-19(7-9-20)31-24(32-23(26)29-10-11-33)30-13-16-2-4-18(25)5-3-16/h2-9,12,15,17,33H,10-11,13-14H2,1H3,(H,27,34)(H4,26,29,30,31,32). The highest BCUT2D eigenvalue weighted by Gasteiger charge is 2.18. The van der Waals surface area contributed by atoms with Crippen molar-refractivity contribution in [3.8, 4) is 5.75 Å². The van der Waals surface area contributed by atoms with Gasteiger partial charge in [-0.2, -0.15) is 0 Å². The minimum atomic E-state index is -0.357. The van der Waals surface area contributed by atoms with Gasteiger partial charge in [0.1, 0.15) is 11.5 Å². The number of halogens is 1. The van der Waals surface area contributed by atoms with Crippen LogP contribution in [-0.4, -0.2) is 55.9 Å². The minimum Gasteiger partial charge on any atom is -0.456 e. The fraction of sp³-hybridized carbons (Fsp3) is 0.250. The normalized spacial score (nSPS) is 15.9. The molecule has 6 N–H and O–H groups in total. The number of nitrogens with one attached hydrogen (secondary N) is 3. The third-order valence-corrected chi connectivity index (χ3v) is 5.04. The van der Waals surface area contributed by atoms with Gasteiger partial charge in [-0.1, -0.05) is 23.7 Å². The lowest BCUT2D eigenvalue weighted by Gasteiger charge is -2.16. The Morgan fingerprint density at radius 1 is 1.20 bits per heavy atom. The Bertz CT molecular complexity index is 1110. The topological polar surface area (TPSA) is 146 Å². The summed E-state index contributed by atoms with van der Waals surface area (Å²) in [6.45, 7) is 0.834. The van der Waals surface area contributed by atoms with Crippen LogP contribution < -0.4 is 26.4 Å². The van der Waals surface area contributed by atoms with Crippen LogP contribution in [0.1, 0.15) is 5.56 Å². The molecule has 0 aromatic heterocycles. The molecule has 3 rings (SSSR count). The van der Waals surface area contributed by atoms with Gasteiger partial charge in [-0.05, 0) is 48.0 Å². The average molecular weight is 498 g/mol. The van der Waals surface area contributed by atoms with E-state index in [1.165, 1.54) is 0 Å². The monoisotopic (exact) mass is 497 g/mol. The van der Waals surface area contributed by atoms with Crippen molar-refractivity contribution in [1.82, 2.24) is 10.6 Å². The van der Waals surface area contributed by atoms with E-state index in [1.807, 2.05) is 24.3 Å². The van der Waals surface area contributed by atoms with Crippen LogP contribution in [0.15, 0.2) is 75.3 Å². The summed E-state index contributed by atoms with van der Waals surface area (Å²) in [5, 5.41) is 18.3. The SMILES string of the molecule is CNC(=O)C1C=C(Oc2ccc(NC(=NCc3ccc(Cl)cc3)NC(N)=NCCO)cc2)C=NC1. The largest absolute Gasteiger partial charge is 0.456 e. The summed E-state index contributed by atoms with van der Waals surface area (Å²) in [4.78, 5) is 24.6. The van der Waals surface area contributed by atoms with Crippen LogP contribution in [0.4, 0.5) is 5.69 Å². The number of anilines is 1. The van der Waals surface area contributed by atoms with Crippen LogP contribution in [0.25, 0.3) is 0 Å². The van der Waals surface area contributed by atoms with E-state index in [9.17, 15) is 4.79 Å². The number of nitrogens with two attached hydrogens (primary N) is 1. The summed E-state index contributed by atoms with van der Waals surface area (Å²) in [7, 11) is 1.59. The van der Waals surface area contributed by atoms with E-state index >= 15 is 0 Å². The molecule has 0 saturated carbocycles. The second kappa shape index (κ2) is 13.1. The third kappa shape index (κ3) is 8.43. The molecule has 0 fully saturated rings. The van der Waals surface area contributed by atoms with E-state index in [0.29, 0.717) is 35.6 Å². The maximum atomic E-state index is 11.9. The van der Waals surface area contributed by atoms with Crippen molar-refractivity contribution in [2.75, 3.05) is 32.1 Å². The first-order valence-electron chi connectivity index (χ1n) is 10.9. The van der Waals surface area contributed by atoms with Crippen molar-refractivity contribution < 1.29 is 14.6 Å². The molecule has 35 heavy (non-hydrogen) atoms. The maximum absolute atomic E-state index is 11.9. The molecule has 0 saturated heterocycles. The quantitative estimate of drug-likeness (QED) is 0.278. The first-order valence-corrected chi connectivity index (χ1v) is 11.3. The summed E-state index contributed by atoms with van der Waals surface area (Å²) < 4.78 is 5.85. The van der Waals surface area contributed by atoms with E-state index in [0.717, 1.165) is 11.3 Å². The van der Waals surface area contributed by atoms with Crippen LogP contribution in [0.5, 0.6) is 5.75 Å². The smallest absolute Gasteiger partial charge is 0.228 e. The van der Waals surface area contributed by atoms with E-state index in [2.05, 4.69) is 30.9 Å². The van der Waals surface area contributed by atoms with Crippen molar-refractivity contribution in [2.24, 2.45) is 26.6 Å². The van der Waals surface area contributed by atoms with Crippen molar-refractivity contribution >= 4 is 41.3 Å². The Kier molecular flexibility index (Phi) is 9.64. The molecule has 0 spiro atoms. The number of aliphatic hydroxyl groups excluding tert-OH is 1. The van der Waals surface area contributed by atoms with Crippen LogP contribution >= 0.6 is 11.6 Å². The Morgan fingerprint density at radius 3 is 2.63 bits per heavy atom. The molecule has 0 aliphatic carbocycles. The van der Waals surface area contributed by atoms with Crippen LogP contribution in [-0.2, 0) is 11.3 Å². The van der Waals surface area contributed by atoms with E-state index in [1.54, 1.807) is 43.6 Å². The number of amides is 1. The molecule has 1 unspecified atom stereocenters. The van der Waals surface area contributed by atoms with Gasteiger partial charge in [0.2, 0.25) is 11.9 Å². The molecule has 10 nitrogen and oxygen atoms in total. The number of nitrogens with zero attached hydrogens (tertiary/aromatic N) is 3. The van der Waals surface area contributed by atoms with Crippen molar-refractivity contribution in [3.63, 3.8) is 0 Å². The van der Waals surface area contributed by atoms with E-state index in [4.69, 9.17) is 27.2 Å². The highest BCUT2D eigenvalue weighted by Crippen LogP contribution is 2.20. The summed E-state index contributed by atoms with van der Waals surface area (Å²) in [6, 6.07) is 14.5. The summed E-state index contributed by atoms with van der Waals surface area (Å²) in [5.74, 6) is 1.12. The van der Waals surface area contributed by atoms with Gasteiger partial charge in [-0.15, -0.1) is 0 Å². The fourth-order valence-corrected chi connectivity index (χ4v) is 3.16. The number of guanidine groups is 2. The maximum Gasteiger partial charge on any atom is 0.228 e. The molecule has 1 heterocycles. The van der Waals surface area contributed by atoms with Gasteiger partial charge >= 0.3 is 0 Å². The summed E-state index contributed by atoms with van der Waals surface area (Å²) >= 11 is 5.95. The molecular formula is C24H28ClN7O3. The third-order valence-electron chi connectivity index (χ3n) is 4.78. The molecule has 2 aromatic carbocycles. The first kappa shape index (κ1) is 25.7. The number of hydrogen-bond acceptors (Lipinski definition) is 6. The Hall–Kier alpha value is -3.89. The zero-order chi connectivity index (χ0) is 25.0. The van der Waals surface area contributed by atoms with Crippen LogP contribution in [0, 0.1) is 5.92 Å². The predicted molar refractivity (Wildman–Crippen MR) is 139 cm³/mol. The second-order valence-electron chi connectivity index (χ2n) is 7.44. The van der Waals surface area contributed by atoms with Crippen molar-refractivity contribution in [1.29, 1.82) is 0 Å². The molecule has 0 radical (unpaired) electrons. The van der Waals surface area contributed by atoms with Crippen LogP contribution in [0.2, 0.25) is 5.02 Å². The number of dihydropyridines is 1. The molecule has 1 aliphatic heterocycles. The summed E-state index contributed by atoms with van der Waals surface area (Å²) in [6.07, 6.45) is 3.35. The molecule has 184 valence electrons. The lowest BCUT2D eigenvalue weighted by molar-refractivity contribution is -0.122. The molecule has 1 aliphatic rings. The van der Waals surface area contributed by atoms with Gasteiger partial charge in [0.15, 0.2) is 5.96 Å². The molecular weight excluding hydrogens is 470 g/mol. The zero-order valence-corrected chi connectivity index (χ0v) is 20.0. The van der Waals surface area contributed by atoms with E-state index < -0.39 is 0 Å². The number of rotatable bonds is 8. The van der Waals surface area contributed by atoms with Gasteiger partial charge in [0.05, 0.1) is 38.4 Å². The minimum absolute atomic E-state index is 0.109. The first-order chi connectivity index (χ1) is 17.0. The number of carbonyl (C=O) groups is 1. The number of benzene rings is 2. The van der Waals surface area contributed by atoms with Gasteiger partial charge in [0.25, 0.3) is 0 Å². The van der Waals surface area contributed by atoms with Crippen molar-refractivity contribution in [3.05, 3.63) is 71.0 Å². The number of allylic oxidation sites excluding steroid dienone is 1. The molecule has 2 aromatic rings. The molecule has 1 amide bonds. The molecule has 11 heteroatoms. The second-order valence-corrected chi connectivity index (χ2v) is 7.88. The lowest BCUT2D eigenvalue weighted by atomic mass is 10.1. The molecule has 0 bridgehead atoms. The molecule has 1 atom stereocenters. The van der Waals surface area contributed by atoms with Crippen LogP contribution in [0.3, 0.4) is 0 Å². The highest BCUT2D eigenvalue weighted by atomic mass is 35.5. The Morgan fingerprint density at radius 2 is 1.94 bits per heavy atom. The van der Waals surface area contributed by atoms with E-state index in [-0.39, 0.29) is 30.9 Å². The highest BCUT2D eigenvalue weighted by molar-refractivity contribution is 6.30. The number of aliphatic hydroxyl groups is 1. The number of ether oxygens (including phenoxy) is 1. The zero-order valence-electron chi connectivity index (χ0n) is 19.2. The van der Waals surface area contributed by atoms with Gasteiger partial charge in [-0.25, -0.2) is 4.99 Å². The fourth-order valence-electron chi connectivity index (χ4n) is 3.04.